The van der Waals surface area contributed by atoms with Crippen LogP contribution in [0.5, 0.6) is 0 Å². The number of H-pyrrole nitrogens is 1. The summed E-state index contributed by atoms with van der Waals surface area (Å²) in [5, 5.41) is 3.63. The van der Waals surface area contributed by atoms with E-state index in [1.165, 1.54) is 30.8 Å². The van der Waals surface area contributed by atoms with E-state index in [1.54, 1.807) is 0 Å². The number of nitrogens with zero attached hydrogens (tertiary/aromatic N) is 2. The second-order valence-corrected chi connectivity index (χ2v) is 6.10. The molecular formula is C14H24N4. The highest BCUT2D eigenvalue weighted by Gasteiger charge is 2.27. The quantitative estimate of drug-likeness (QED) is 0.834. The van der Waals surface area contributed by atoms with Gasteiger partial charge < -0.3 is 10.3 Å². The molecule has 0 radical (unpaired) electrons. The van der Waals surface area contributed by atoms with Crippen LogP contribution in [0.25, 0.3) is 0 Å². The van der Waals surface area contributed by atoms with Gasteiger partial charge in [0.15, 0.2) is 0 Å². The fourth-order valence-electron chi connectivity index (χ4n) is 3.28. The average Bonchev–Trinajstić information content (AvgIpc) is 2.81. The van der Waals surface area contributed by atoms with Gasteiger partial charge in [0, 0.05) is 38.1 Å². The van der Waals surface area contributed by atoms with Gasteiger partial charge in [-0.25, -0.2) is 4.98 Å². The number of hydrogen-bond donors (Lipinski definition) is 2. The molecule has 0 aromatic carbocycles. The zero-order valence-electron chi connectivity index (χ0n) is 11.4. The van der Waals surface area contributed by atoms with Crippen molar-refractivity contribution in [3.63, 3.8) is 0 Å². The SMILES string of the molecule is CC1CCC(C)N(CC2Cc3nc[nH]c3CN2)C1. The topological polar surface area (TPSA) is 44.0 Å². The minimum atomic E-state index is 0.563. The summed E-state index contributed by atoms with van der Waals surface area (Å²) in [6.45, 7) is 8.11. The molecule has 1 fully saturated rings. The predicted molar refractivity (Wildman–Crippen MR) is 72.4 cm³/mol. The molecule has 1 aromatic heterocycles. The van der Waals surface area contributed by atoms with Crippen molar-refractivity contribution < 1.29 is 0 Å². The summed E-state index contributed by atoms with van der Waals surface area (Å²) >= 11 is 0. The summed E-state index contributed by atoms with van der Waals surface area (Å²) in [4.78, 5) is 10.3. The van der Waals surface area contributed by atoms with Gasteiger partial charge >= 0.3 is 0 Å². The lowest BCUT2D eigenvalue weighted by Crippen LogP contribution is -2.50. The van der Waals surface area contributed by atoms with Crippen LogP contribution in [0.1, 0.15) is 38.1 Å². The molecule has 0 saturated carbocycles. The molecule has 2 N–H and O–H groups in total. The number of piperidine rings is 1. The van der Waals surface area contributed by atoms with Crippen molar-refractivity contribution in [2.24, 2.45) is 5.92 Å². The predicted octanol–water partition coefficient (Wildman–Crippen LogP) is 1.54. The van der Waals surface area contributed by atoms with Crippen molar-refractivity contribution in [2.45, 2.75) is 51.7 Å². The summed E-state index contributed by atoms with van der Waals surface area (Å²) in [5.41, 5.74) is 2.53. The molecule has 1 aromatic rings. The van der Waals surface area contributed by atoms with Gasteiger partial charge in [0.05, 0.1) is 17.7 Å². The monoisotopic (exact) mass is 248 g/mol. The lowest BCUT2D eigenvalue weighted by atomic mass is 9.94. The third-order valence-corrected chi connectivity index (χ3v) is 4.52. The molecular weight excluding hydrogens is 224 g/mol. The Balaban J connectivity index is 1.60. The zero-order valence-corrected chi connectivity index (χ0v) is 11.4. The Morgan fingerprint density at radius 2 is 2.28 bits per heavy atom. The van der Waals surface area contributed by atoms with Gasteiger partial charge in [-0.2, -0.15) is 0 Å². The molecule has 18 heavy (non-hydrogen) atoms. The Labute approximate surface area is 109 Å². The molecule has 0 bridgehead atoms. The van der Waals surface area contributed by atoms with Crippen LogP contribution < -0.4 is 5.32 Å². The van der Waals surface area contributed by atoms with Crippen molar-refractivity contribution in [3.05, 3.63) is 17.7 Å². The van der Waals surface area contributed by atoms with Gasteiger partial charge in [0.25, 0.3) is 0 Å². The number of hydrogen-bond acceptors (Lipinski definition) is 3. The van der Waals surface area contributed by atoms with Gasteiger partial charge in [-0.3, -0.25) is 4.90 Å². The second-order valence-electron chi connectivity index (χ2n) is 6.10. The largest absolute Gasteiger partial charge is 0.347 e. The fraction of sp³-hybridized carbons (Fsp3) is 0.786. The molecule has 3 atom stereocenters. The van der Waals surface area contributed by atoms with E-state index < -0.39 is 0 Å². The average molecular weight is 248 g/mol. The highest BCUT2D eigenvalue weighted by Crippen LogP contribution is 2.22. The lowest BCUT2D eigenvalue weighted by Gasteiger charge is -2.39. The molecule has 100 valence electrons. The number of rotatable bonds is 2. The number of aromatic nitrogens is 2. The van der Waals surface area contributed by atoms with Crippen molar-refractivity contribution in [2.75, 3.05) is 13.1 Å². The minimum absolute atomic E-state index is 0.563. The van der Waals surface area contributed by atoms with E-state index in [4.69, 9.17) is 0 Å². The van der Waals surface area contributed by atoms with E-state index in [0.29, 0.717) is 6.04 Å². The Morgan fingerprint density at radius 3 is 3.17 bits per heavy atom. The van der Waals surface area contributed by atoms with Crippen molar-refractivity contribution >= 4 is 0 Å². The first-order valence-electron chi connectivity index (χ1n) is 7.21. The highest BCUT2D eigenvalue weighted by molar-refractivity contribution is 5.16. The number of nitrogens with one attached hydrogen (secondary N) is 2. The minimum Gasteiger partial charge on any atom is -0.347 e. The van der Waals surface area contributed by atoms with E-state index in [2.05, 4.69) is 34.0 Å². The third kappa shape index (κ3) is 2.45. The maximum atomic E-state index is 4.42. The molecule has 4 heteroatoms. The first-order chi connectivity index (χ1) is 8.72. The molecule has 0 spiro atoms. The van der Waals surface area contributed by atoms with Gasteiger partial charge in [0.1, 0.15) is 0 Å². The summed E-state index contributed by atoms with van der Waals surface area (Å²) in [7, 11) is 0. The first kappa shape index (κ1) is 12.2. The zero-order chi connectivity index (χ0) is 12.5. The van der Waals surface area contributed by atoms with Gasteiger partial charge in [0.2, 0.25) is 0 Å². The van der Waals surface area contributed by atoms with Crippen LogP contribution in [0.3, 0.4) is 0 Å². The third-order valence-electron chi connectivity index (χ3n) is 4.52. The van der Waals surface area contributed by atoms with E-state index in [1.807, 2.05) is 6.33 Å². The van der Waals surface area contributed by atoms with Crippen molar-refractivity contribution in [1.29, 1.82) is 0 Å². The van der Waals surface area contributed by atoms with Crippen molar-refractivity contribution in [1.82, 2.24) is 20.2 Å². The van der Waals surface area contributed by atoms with Crippen LogP contribution in [-0.4, -0.2) is 40.0 Å². The number of imidazole rings is 1. The van der Waals surface area contributed by atoms with Crippen LogP contribution in [-0.2, 0) is 13.0 Å². The molecule has 3 heterocycles. The Morgan fingerprint density at radius 1 is 1.39 bits per heavy atom. The number of likely N-dealkylation sites (tertiary alicyclic amines) is 1. The fourth-order valence-corrected chi connectivity index (χ4v) is 3.28. The highest BCUT2D eigenvalue weighted by atomic mass is 15.2. The Kier molecular flexibility index (Phi) is 3.39. The molecule has 3 unspecified atom stereocenters. The number of aromatic amines is 1. The van der Waals surface area contributed by atoms with Crippen LogP contribution in [0, 0.1) is 5.92 Å². The first-order valence-corrected chi connectivity index (χ1v) is 7.21. The van der Waals surface area contributed by atoms with Crippen LogP contribution in [0.4, 0.5) is 0 Å². The molecule has 2 aliphatic rings. The normalized spacial score (nSPS) is 33.3. The van der Waals surface area contributed by atoms with E-state index >= 15 is 0 Å². The smallest absolute Gasteiger partial charge is 0.0925 e. The standard InChI is InChI=1S/C14H24N4/c1-10-3-4-11(2)18(7-10)8-12-5-13-14(6-15-12)17-9-16-13/h9-12,15H,3-8H2,1-2H3,(H,16,17). The Hall–Kier alpha value is -0.870. The second kappa shape index (κ2) is 5.02. The van der Waals surface area contributed by atoms with Gasteiger partial charge in [-0.1, -0.05) is 6.92 Å². The van der Waals surface area contributed by atoms with E-state index in [-0.39, 0.29) is 0 Å². The summed E-state index contributed by atoms with van der Waals surface area (Å²) < 4.78 is 0. The number of fused-ring (bicyclic) bond motifs is 1. The molecule has 2 aliphatic heterocycles. The lowest BCUT2D eigenvalue weighted by molar-refractivity contribution is 0.110. The van der Waals surface area contributed by atoms with Crippen LogP contribution in [0.2, 0.25) is 0 Å². The summed E-state index contributed by atoms with van der Waals surface area (Å²) in [6.07, 6.45) is 5.62. The van der Waals surface area contributed by atoms with Gasteiger partial charge in [-0.15, -0.1) is 0 Å². The summed E-state index contributed by atoms with van der Waals surface area (Å²) in [6, 6.07) is 1.30. The molecule has 3 rings (SSSR count). The van der Waals surface area contributed by atoms with Crippen LogP contribution in [0.15, 0.2) is 6.33 Å². The molecule has 4 nitrogen and oxygen atoms in total. The summed E-state index contributed by atoms with van der Waals surface area (Å²) in [5.74, 6) is 0.853. The van der Waals surface area contributed by atoms with Crippen molar-refractivity contribution in [3.8, 4) is 0 Å². The molecule has 1 saturated heterocycles. The van der Waals surface area contributed by atoms with E-state index in [0.717, 1.165) is 31.5 Å². The maximum Gasteiger partial charge on any atom is 0.0925 e. The Bertz CT molecular complexity index is 400. The molecule has 0 aliphatic carbocycles. The van der Waals surface area contributed by atoms with Crippen LogP contribution >= 0.6 is 0 Å². The van der Waals surface area contributed by atoms with Gasteiger partial charge in [-0.05, 0) is 25.7 Å². The maximum absolute atomic E-state index is 4.42. The molecule has 0 amide bonds. The van der Waals surface area contributed by atoms with E-state index in [9.17, 15) is 0 Å².